The van der Waals surface area contributed by atoms with Crippen molar-refractivity contribution in [3.63, 3.8) is 0 Å². The Morgan fingerprint density at radius 3 is 2.89 bits per heavy atom. The Morgan fingerprint density at radius 2 is 2.28 bits per heavy atom. The first-order valence-corrected chi connectivity index (χ1v) is 5.77. The van der Waals surface area contributed by atoms with Crippen molar-refractivity contribution in [2.24, 2.45) is 5.92 Å². The molecule has 1 rings (SSSR count). The molecular weight excluding hydrogens is 234 g/mol. The number of carboxylic acid groups (broad SMARTS) is 1. The van der Waals surface area contributed by atoms with Crippen molar-refractivity contribution in [2.45, 2.75) is 19.8 Å². The fourth-order valence-electron chi connectivity index (χ4n) is 1.35. The molecule has 0 aliphatic rings. The Bertz CT molecular complexity index is 395. The van der Waals surface area contributed by atoms with Gasteiger partial charge in [0.05, 0.1) is 17.8 Å². The number of aliphatic carboxylic acids is 1. The van der Waals surface area contributed by atoms with Crippen LogP contribution in [-0.2, 0) is 4.79 Å². The molecule has 0 radical (unpaired) electrons. The molecule has 0 spiro atoms. The van der Waals surface area contributed by atoms with Gasteiger partial charge in [0.1, 0.15) is 0 Å². The molecule has 1 unspecified atom stereocenters. The molecule has 0 aliphatic carbocycles. The fourth-order valence-corrected chi connectivity index (χ4v) is 1.35. The van der Waals surface area contributed by atoms with E-state index in [1.165, 1.54) is 0 Å². The van der Waals surface area contributed by atoms with Crippen LogP contribution in [0.1, 0.15) is 19.8 Å². The molecule has 6 heteroatoms. The molecule has 0 aromatic carbocycles. The number of hydrogen-bond acceptors (Lipinski definition) is 3. The monoisotopic (exact) mass is 251 g/mol. The number of nitrogens with zero attached hydrogens (tertiary/aromatic N) is 1. The van der Waals surface area contributed by atoms with Crippen molar-refractivity contribution < 1.29 is 14.7 Å². The van der Waals surface area contributed by atoms with Gasteiger partial charge in [-0.2, -0.15) is 0 Å². The number of carbonyl (C=O) groups is 2. The van der Waals surface area contributed by atoms with E-state index in [0.717, 1.165) is 0 Å². The van der Waals surface area contributed by atoms with Crippen LogP contribution in [0.25, 0.3) is 0 Å². The van der Waals surface area contributed by atoms with Crippen LogP contribution in [0.15, 0.2) is 24.5 Å². The first-order chi connectivity index (χ1) is 8.59. The Balaban J connectivity index is 2.16. The lowest BCUT2D eigenvalue weighted by Gasteiger charge is -2.08. The van der Waals surface area contributed by atoms with E-state index < -0.39 is 5.97 Å². The highest BCUT2D eigenvalue weighted by molar-refractivity contribution is 5.88. The van der Waals surface area contributed by atoms with Crippen LogP contribution >= 0.6 is 0 Å². The molecule has 6 nitrogen and oxygen atoms in total. The van der Waals surface area contributed by atoms with Crippen LogP contribution in [0.2, 0.25) is 0 Å². The normalized spacial score (nSPS) is 11.6. The molecule has 0 fully saturated rings. The highest BCUT2D eigenvalue weighted by Crippen LogP contribution is 2.05. The van der Waals surface area contributed by atoms with Crippen LogP contribution < -0.4 is 10.6 Å². The van der Waals surface area contributed by atoms with E-state index >= 15 is 0 Å². The van der Waals surface area contributed by atoms with E-state index in [1.807, 2.05) is 0 Å². The third kappa shape index (κ3) is 5.29. The lowest BCUT2D eigenvalue weighted by atomic mass is 10.1. The quantitative estimate of drug-likeness (QED) is 0.671. The molecule has 0 aliphatic heterocycles. The number of urea groups is 1. The van der Waals surface area contributed by atoms with Gasteiger partial charge >= 0.3 is 12.0 Å². The van der Waals surface area contributed by atoms with E-state index in [4.69, 9.17) is 5.11 Å². The van der Waals surface area contributed by atoms with Crippen molar-refractivity contribution >= 4 is 17.7 Å². The maximum Gasteiger partial charge on any atom is 0.319 e. The molecule has 1 atom stereocenters. The number of aromatic nitrogens is 1. The van der Waals surface area contributed by atoms with Crippen LogP contribution in [0.3, 0.4) is 0 Å². The second kappa shape index (κ2) is 7.26. The van der Waals surface area contributed by atoms with E-state index in [0.29, 0.717) is 25.1 Å². The predicted octanol–water partition coefficient (Wildman–Crippen LogP) is 1.70. The van der Waals surface area contributed by atoms with Gasteiger partial charge in [-0.1, -0.05) is 6.92 Å². The number of carboxylic acids is 1. The fraction of sp³-hybridized carbons (Fsp3) is 0.417. The van der Waals surface area contributed by atoms with E-state index in [-0.39, 0.29) is 11.9 Å². The first kappa shape index (κ1) is 14.0. The van der Waals surface area contributed by atoms with Crippen molar-refractivity contribution in [3.05, 3.63) is 24.5 Å². The Hall–Kier alpha value is -2.11. The summed E-state index contributed by atoms with van der Waals surface area (Å²) in [6, 6.07) is 3.15. The van der Waals surface area contributed by atoms with Crippen molar-refractivity contribution in [2.75, 3.05) is 11.9 Å². The minimum atomic E-state index is -0.810. The summed E-state index contributed by atoms with van der Waals surface area (Å²) in [5, 5.41) is 14.0. The lowest BCUT2D eigenvalue weighted by Crippen LogP contribution is -2.29. The highest BCUT2D eigenvalue weighted by Gasteiger charge is 2.10. The van der Waals surface area contributed by atoms with Gasteiger partial charge in [0.15, 0.2) is 0 Å². The van der Waals surface area contributed by atoms with Gasteiger partial charge < -0.3 is 15.7 Å². The number of carbonyl (C=O) groups excluding carboxylic acids is 1. The standard InChI is InChI=1S/C12H17N3O3/c1-9(11(16)17)4-2-7-14-12(18)15-10-5-3-6-13-8-10/h3,5-6,8-9H,2,4,7H2,1H3,(H,16,17)(H2,14,15,18). The summed E-state index contributed by atoms with van der Waals surface area (Å²) in [6.07, 6.45) is 4.35. The van der Waals surface area contributed by atoms with Crippen LogP contribution in [0, 0.1) is 5.92 Å². The topological polar surface area (TPSA) is 91.3 Å². The lowest BCUT2D eigenvalue weighted by molar-refractivity contribution is -0.141. The summed E-state index contributed by atoms with van der Waals surface area (Å²) in [6.45, 7) is 2.10. The average molecular weight is 251 g/mol. The number of pyridine rings is 1. The molecule has 2 amide bonds. The van der Waals surface area contributed by atoms with E-state index in [1.54, 1.807) is 31.5 Å². The third-order valence-corrected chi connectivity index (χ3v) is 2.44. The van der Waals surface area contributed by atoms with Crippen molar-refractivity contribution in [1.82, 2.24) is 10.3 Å². The number of anilines is 1. The molecule has 0 bridgehead atoms. The average Bonchev–Trinajstić information content (AvgIpc) is 2.35. The van der Waals surface area contributed by atoms with Gasteiger partial charge in [-0.05, 0) is 25.0 Å². The molecule has 18 heavy (non-hydrogen) atoms. The molecule has 1 aromatic heterocycles. The maximum atomic E-state index is 11.4. The summed E-state index contributed by atoms with van der Waals surface area (Å²) in [5.41, 5.74) is 0.619. The van der Waals surface area contributed by atoms with Gasteiger partial charge in [0.25, 0.3) is 0 Å². The van der Waals surface area contributed by atoms with Gasteiger partial charge in [-0.3, -0.25) is 9.78 Å². The predicted molar refractivity (Wildman–Crippen MR) is 67.3 cm³/mol. The Labute approximate surface area is 105 Å². The second-order valence-electron chi connectivity index (χ2n) is 4.00. The number of amides is 2. The van der Waals surface area contributed by atoms with E-state index in [2.05, 4.69) is 15.6 Å². The first-order valence-electron chi connectivity index (χ1n) is 5.77. The number of rotatable bonds is 6. The van der Waals surface area contributed by atoms with Gasteiger partial charge in [-0.25, -0.2) is 4.79 Å². The SMILES string of the molecule is CC(CCCNC(=O)Nc1cccnc1)C(=O)O. The Morgan fingerprint density at radius 1 is 1.50 bits per heavy atom. The maximum absolute atomic E-state index is 11.4. The zero-order chi connectivity index (χ0) is 13.4. The zero-order valence-electron chi connectivity index (χ0n) is 10.2. The zero-order valence-corrected chi connectivity index (χ0v) is 10.2. The smallest absolute Gasteiger partial charge is 0.319 e. The molecule has 98 valence electrons. The summed E-state index contributed by atoms with van der Waals surface area (Å²) in [4.78, 5) is 25.9. The molecule has 3 N–H and O–H groups in total. The minimum absolute atomic E-state index is 0.314. The van der Waals surface area contributed by atoms with Crippen molar-refractivity contribution in [3.8, 4) is 0 Å². The number of nitrogens with one attached hydrogen (secondary N) is 2. The summed E-state index contributed by atoms with van der Waals surface area (Å²) in [5.74, 6) is -1.19. The molecule has 0 saturated carbocycles. The summed E-state index contributed by atoms with van der Waals surface area (Å²) >= 11 is 0. The van der Waals surface area contributed by atoms with Crippen molar-refractivity contribution in [1.29, 1.82) is 0 Å². The van der Waals surface area contributed by atoms with Gasteiger partial charge in [-0.15, -0.1) is 0 Å². The van der Waals surface area contributed by atoms with Gasteiger partial charge in [0, 0.05) is 12.7 Å². The summed E-state index contributed by atoms with van der Waals surface area (Å²) in [7, 11) is 0. The van der Waals surface area contributed by atoms with Crippen LogP contribution in [0.5, 0.6) is 0 Å². The molecular formula is C12H17N3O3. The van der Waals surface area contributed by atoms with E-state index in [9.17, 15) is 9.59 Å². The highest BCUT2D eigenvalue weighted by atomic mass is 16.4. The molecule has 1 heterocycles. The molecule has 1 aromatic rings. The van der Waals surface area contributed by atoms with Crippen LogP contribution in [0.4, 0.5) is 10.5 Å². The largest absolute Gasteiger partial charge is 0.481 e. The minimum Gasteiger partial charge on any atom is -0.481 e. The number of hydrogen-bond donors (Lipinski definition) is 3. The second-order valence-corrected chi connectivity index (χ2v) is 4.00. The van der Waals surface area contributed by atoms with Gasteiger partial charge in [0.2, 0.25) is 0 Å². The summed E-state index contributed by atoms with van der Waals surface area (Å²) < 4.78 is 0. The van der Waals surface area contributed by atoms with Crippen LogP contribution in [-0.4, -0.2) is 28.6 Å². The molecule has 0 saturated heterocycles. The Kier molecular flexibility index (Phi) is 5.63. The third-order valence-electron chi connectivity index (χ3n) is 2.44.